The van der Waals surface area contributed by atoms with E-state index in [2.05, 4.69) is 10.3 Å². The Morgan fingerprint density at radius 1 is 0.771 bits per heavy atom. The van der Waals surface area contributed by atoms with E-state index in [0.29, 0.717) is 36.3 Å². The number of hydrogen-bond donors (Lipinski definition) is 3. The van der Waals surface area contributed by atoms with Crippen LogP contribution in [0.1, 0.15) is 27.1 Å². The lowest BCUT2D eigenvalue weighted by Gasteiger charge is -2.27. The Labute approximate surface area is 203 Å². The lowest BCUT2D eigenvalue weighted by molar-refractivity contribution is 0.0610. The molecule has 4 aromatic carbocycles. The average Bonchev–Trinajstić information content (AvgIpc) is 2.87. The maximum Gasteiger partial charge on any atom is 0.261 e. The summed E-state index contributed by atoms with van der Waals surface area (Å²) in [5, 5.41) is 5.04. The minimum absolute atomic E-state index is 0.0318. The molecule has 5 N–H and O–H groups in total. The van der Waals surface area contributed by atoms with Gasteiger partial charge in [-0.25, -0.2) is 4.99 Å². The Bertz CT molecular complexity index is 1390. The van der Waals surface area contributed by atoms with Gasteiger partial charge in [0.15, 0.2) is 5.96 Å². The van der Waals surface area contributed by atoms with Gasteiger partial charge in [-0.1, -0.05) is 48.5 Å². The van der Waals surface area contributed by atoms with Crippen molar-refractivity contribution in [3.63, 3.8) is 0 Å². The van der Waals surface area contributed by atoms with E-state index < -0.39 is 0 Å². The topological polar surface area (TPSA) is 114 Å². The second-order valence-corrected chi connectivity index (χ2v) is 8.41. The number of guanidine groups is 1. The molecule has 1 heterocycles. The molecule has 0 atom stereocenters. The Hall–Kier alpha value is -4.65. The Balaban J connectivity index is 1.18. The first-order valence-electron chi connectivity index (χ1n) is 11.4. The third-order valence-electron chi connectivity index (χ3n) is 6.09. The number of carbonyl (C=O) groups is 2. The zero-order chi connectivity index (χ0) is 24.4. The molecule has 0 spiro atoms. The summed E-state index contributed by atoms with van der Waals surface area (Å²) in [5.74, 6) is -0.423. The van der Waals surface area contributed by atoms with E-state index in [-0.39, 0.29) is 17.8 Å². The summed E-state index contributed by atoms with van der Waals surface area (Å²) in [4.78, 5) is 31.4. The van der Waals surface area contributed by atoms with Gasteiger partial charge in [0, 0.05) is 35.3 Å². The van der Waals surface area contributed by atoms with E-state index in [4.69, 9.17) is 11.5 Å². The van der Waals surface area contributed by atoms with Crippen molar-refractivity contribution >= 4 is 39.9 Å². The Morgan fingerprint density at radius 2 is 1.34 bits per heavy atom. The quantitative estimate of drug-likeness (QED) is 0.161. The molecule has 35 heavy (non-hydrogen) atoms. The number of amides is 2. The molecule has 0 fully saturated rings. The van der Waals surface area contributed by atoms with Crippen LogP contribution in [0, 0.1) is 0 Å². The van der Waals surface area contributed by atoms with Crippen LogP contribution in [-0.2, 0) is 0 Å². The highest BCUT2D eigenvalue weighted by Crippen LogP contribution is 2.30. The van der Waals surface area contributed by atoms with Gasteiger partial charge in [-0.2, -0.15) is 0 Å². The fourth-order valence-electron chi connectivity index (χ4n) is 4.41. The maximum atomic E-state index is 13.0. The van der Waals surface area contributed by atoms with E-state index >= 15 is 0 Å². The first-order valence-corrected chi connectivity index (χ1v) is 11.4. The molecule has 174 valence electrons. The fourth-order valence-corrected chi connectivity index (χ4v) is 4.41. The van der Waals surface area contributed by atoms with Gasteiger partial charge in [0.05, 0.1) is 5.69 Å². The molecule has 4 aromatic rings. The molecular formula is C28H25N5O2. The minimum Gasteiger partial charge on any atom is -0.385 e. The van der Waals surface area contributed by atoms with Crippen LogP contribution in [0.25, 0.3) is 21.9 Å². The number of hydrogen-bond acceptors (Lipinski definition) is 4. The zero-order valence-electron chi connectivity index (χ0n) is 19.1. The summed E-state index contributed by atoms with van der Waals surface area (Å²) in [6, 6.07) is 26.9. The Morgan fingerprint density at radius 3 is 1.91 bits per heavy atom. The molecule has 2 amide bonds. The van der Waals surface area contributed by atoms with Gasteiger partial charge >= 0.3 is 0 Å². The average molecular weight is 464 g/mol. The number of aliphatic imine (C=N–C) groups is 1. The van der Waals surface area contributed by atoms with Crippen molar-refractivity contribution in [2.45, 2.75) is 6.42 Å². The molecule has 0 bridgehead atoms. The summed E-state index contributed by atoms with van der Waals surface area (Å²) >= 11 is 0. The van der Waals surface area contributed by atoms with E-state index in [9.17, 15) is 9.59 Å². The first-order chi connectivity index (χ1) is 17.0. The highest BCUT2D eigenvalue weighted by molar-refractivity contribution is 6.25. The lowest BCUT2D eigenvalue weighted by atomic mass is 9.94. The first kappa shape index (κ1) is 22.2. The molecule has 0 aromatic heterocycles. The van der Waals surface area contributed by atoms with Crippen LogP contribution in [0.2, 0.25) is 0 Å². The van der Waals surface area contributed by atoms with Crippen molar-refractivity contribution in [2.75, 3.05) is 18.4 Å². The van der Waals surface area contributed by atoms with Crippen LogP contribution in [0.5, 0.6) is 0 Å². The largest absolute Gasteiger partial charge is 0.385 e. The molecule has 1 aliphatic heterocycles. The van der Waals surface area contributed by atoms with Gasteiger partial charge in [0.1, 0.15) is 0 Å². The number of benzene rings is 4. The lowest BCUT2D eigenvalue weighted by Crippen LogP contribution is -2.41. The van der Waals surface area contributed by atoms with Gasteiger partial charge < -0.3 is 16.8 Å². The van der Waals surface area contributed by atoms with E-state index in [1.807, 2.05) is 72.8 Å². The summed E-state index contributed by atoms with van der Waals surface area (Å²) in [6.45, 7) is 0.991. The molecule has 7 nitrogen and oxygen atoms in total. The number of nitrogens with one attached hydrogen (secondary N) is 1. The number of anilines is 1. The van der Waals surface area contributed by atoms with Crippen LogP contribution in [0.4, 0.5) is 11.4 Å². The second-order valence-electron chi connectivity index (χ2n) is 8.41. The van der Waals surface area contributed by atoms with Crippen LogP contribution in [0.3, 0.4) is 0 Å². The van der Waals surface area contributed by atoms with E-state index in [1.165, 1.54) is 4.90 Å². The molecule has 0 radical (unpaired) electrons. The van der Waals surface area contributed by atoms with Crippen LogP contribution >= 0.6 is 0 Å². The fraction of sp³-hybridized carbons (Fsp3) is 0.107. The minimum atomic E-state index is -0.227. The standard InChI is InChI=1S/C28H25N5O2/c29-28(30)32-22-14-10-19(11-15-22)18-8-12-21(13-9-18)31-16-3-17-33-26(34)23-6-1-4-20-5-2-7-24(25(20)23)27(33)35/h1-2,4-15,31H,3,16-17H2,(H4,29,30,32). The molecule has 1 aliphatic rings. The predicted molar refractivity (Wildman–Crippen MR) is 140 cm³/mol. The van der Waals surface area contributed by atoms with Crippen molar-refractivity contribution in [2.24, 2.45) is 16.5 Å². The summed E-state index contributed by atoms with van der Waals surface area (Å²) in [7, 11) is 0. The van der Waals surface area contributed by atoms with Gasteiger partial charge in [0.2, 0.25) is 0 Å². The maximum absolute atomic E-state index is 13.0. The summed E-state index contributed by atoms with van der Waals surface area (Å²) in [5.41, 5.74) is 15.8. The third kappa shape index (κ3) is 4.44. The van der Waals surface area contributed by atoms with Gasteiger partial charge in [-0.15, -0.1) is 0 Å². The van der Waals surface area contributed by atoms with Crippen LogP contribution < -0.4 is 16.8 Å². The number of carbonyl (C=O) groups excluding carboxylic acids is 2. The monoisotopic (exact) mass is 463 g/mol. The number of nitrogens with zero attached hydrogens (tertiary/aromatic N) is 2. The summed E-state index contributed by atoms with van der Waals surface area (Å²) < 4.78 is 0. The molecule has 0 aliphatic carbocycles. The normalized spacial score (nSPS) is 12.6. The zero-order valence-corrected chi connectivity index (χ0v) is 19.1. The third-order valence-corrected chi connectivity index (χ3v) is 6.09. The number of nitrogens with two attached hydrogens (primary N) is 2. The van der Waals surface area contributed by atoms with Crippen LogP contribution in [0.15, 0.2) is 89.9 Å². The highest BCUT2D eigenvalue weighted by atomic mass is 16.2. The summed E-state index contributed by atoms with van der Waals surface area (Å²) in [6.07, 6.45) is 0.642. The van der Waals surface area contributed by atoms with E-state index in [1.54, 1.807) is 12.1 Å². The number of rotatable bonds is 7. The van der Waals surface area contributed by atoms with Crippen molar-refractivity contribution in [1.82, 2.24) is 4.90 Å². The van der Waals surface area contributed by atoms with Crippen molar-refractivity contribution in [1.29, 1.82) is 0 Å². The molecular weight excluding hydrogens is 438 g/mol. The Kier molecular flexibility index (Phi) is 5.89. The number of imide groups is 1. The molecule has 0 unspecified atom stereocenters. The van der Waals surface area contributed by atoms with Crippen molar-refractivity contribution < 1.29 is 9.59 Å². The van der Waals surface area contributed by atoms with Gasteiger partial charge in [-0.05, 0) is 59.3 Å². The van der Waals surface area contributed by atoms with Gasteiger partial charge in [0.25, 0.3) is 11.8 Å². The van der Waals surface area contributed by atoms with Gasteiger partial charge in [-0.3, -0.25) is 14.5 Å². The second kappa shape index (κ2) is 9.30. The van der Waals surface area contributed by atoms with Crippen LogP contribution in [-0.4, -0.2) is 35.8 Å². The van der Waals surface area contributed by atoms with Crippen molar-refractivity contribution in [3.8, 4) is 11.1 Å². The van der Waals surface area contributed by atoms with E-state index in [0.717, 1.165) is 27.6 Å². The molecule has 7 heteroatoms. The molecule has 5 rings (SSSR count). The SMILES string of the molecule is NC(N)=Nc1ccc(-c2ccc(NCCCN3C(=O)c4cccc5cccc(c45)C3=O)cc2)cc1. The molecule has 0 saturated heterocycles. The smallest absolute Gasteiger partial charge is 0.261 e. The predicted octanol–water partition coefficient (Wildman–Crippen LogP) is 4.51. The highest BCUT2D eigenvalue weighted by Gasteiger charge is 2.31. The van der Waals surface area contributed by atoms with Crippen molar-refractivity contribution in [3.05, 3.63) is 96.1 Å². The molecule has 0 saturated carbocycles.